The number of benzene rings is 1. The SMILES string of the molecule is I.NC(=NCCCCN1CCN(c2ccccc2)CC1)N1CCCCC1. The van der Waals surface area contributed by atoms with E-state index < -0.39 is 0 Å². The van der Waals surface area contributed by atoms with Gasteiger partial charge in [-0.25, -0.2) is 0 Å². The van der Waals surface area contributed by atoms with Crippen molar-refractivity contribution in [1.82, 2.24) is 9.80 Å². The minimum absolute atomic E-state index is 0. The van der Waals surface area contributed by atoms with Crippen LogP contribution in [0.1, 0.15) is 32.1 Å². The van der Waals surface area contributed by atoms with Crippen molar-refractivity contribution in [3.8, 4) is 0 Å². The number of unbranched alkanes of at least 4 members (excludes halogenated alkanes) is 1. The Bertz CT molecular complexity index is 522. The van der Waals surface area contributed by atoms with Crippen LogP contribution in [0, 0.1) is 0 Å². The van der Waals surface area contributed by atoms with Gasteiger partial charge in [0.2, 0.25) is 0 Å². The fraction of sp³-hybridized carbons (Fsp3) is 0.650. The average Bonchev–Trinajstić information content (AvgIpc) is 2.69. The molecule has 3 rings (SSSR count). The molecule has 0 saturated carbocycles. The van der Waals surface area contributed by atoms with Crippen LogP contribution in [0.2, 0.25) is 0 Å². The van der Waals surface area contributed by atoms with Crippen molar-refractivity contribution >= 4 is 35.6 Å². The van der Waals surface area contributed by atoms with E-state index in [2.05, 4.69) is 50.0 Å². The Hall–Kier alpha value is -1.02. The highest BCUT2D eigenvalue weighted by Crippen LogP contribution is 2.15. The molecule has 2 aliphatic heterocycles. The number of guanidine groups is 1. The number of piperidine rings is 1. The molecule has 0 spiro atoms. The maximum Gasteiger partial charge on any atom is 0.191 e. The van der Waals surface area contributed by atoms with E-state index in [0.29, 0.717) is 0 Å². The van der Waals surface area contributed by atoms with E-state index in [9.17, 15) is 0 Å². The van der Waals surface area contributed by atoms with Gasteiger partial charge >= 0.3 is 0 Å². The Balaban J connectivity index is 0.00000243. The van der Waals surface area contributed by atoms with Gasteiger partial charge in [0.15, 0.2) is 5.96 Å². The summed E-state index contributed by atoms with van der Waals surface area (Å²) in [6, 6.07) is 10.7. The summed E-state index contributed by atoms with van der Waals surface area (Å²) in [7, 11) is 0. The fourth-order valence-corrected chi connectivity index (χ4v) is 3.73. The molecule has 0 amide bonds. The van der Waals surface area contributed by atoms with Crippen molar-refractivity contribution in [2.24, 2.45) is 10.7 Å². The zero-order valence-corrected chi connectivity index (χ0v) is 18.2. The molecule has 0 radical (unpaired) electrons. The van der Waals surface area contributed by atoms with E-state index in [1.54, 1.807) is 0 Å². The minimum atomic E-state index is 0. The van der Waals surface area contributed by atoms with Gasteiger partial charge in [-0.1, -0.05) is 18.2 Å². The summed E-state index contributed by atoms with van der Waals surface area (Å²) in [4.78, 5) is 11.9. The van der Waals surface area contributed by atoms with Crippen LogP contribution < -0.4 is 10.6 Å². The lowest BCUT2D eigenvalue weighted by Gasteiger charge is -2.36. The van der Waals surface area contributed by atoms with Gasteiger partial charge in [-0.05, 0) is 50.8 Å². The second kappa shape index (κ2) is 11.6. The van der Waals surface area contributed by atoms with Gasteiger partial charge < -0.3 is 15.5 Å². The van der Waals surface area contributed by atoms with Crippen molar-refractivity contribution < 1.29 is 0 Å². The van der Waals surface area contributed by atoms with Gasteiger partial charge in [-0.2, -0.15) is 0 Å². The maximum atomic E-state index is 6.10. The van der Waals surface area contributed by atoms with Crippen LogP contribution >= 0.6 is 24.0 Å². The quantitative estimate of drug-likeness (QED) is 0.300. The van der Waals surface area contributed by atoms with Gasteiger partial charge in [0, 0.05) is 51.5 Å². The third-order valence-electron chi connectivity index (χ3n) is 5.33. The number of para-hydroxylation sites is 1. The number of hydrogen-bond donors (Lipinski definition) is 1. The van der Waals surface area contributed by atoms with Crippen LogP contribution in [0.25, 0.3) is 0 Å². The topological polar surface area (TPSA) is 48.1 Å². The van der Waals surface area contributed by atoms with E-state index in [0.717, 1.165) is 58.2 Å². The Morgan fingerprint density at radius 2 is 1.58 bits per heavy atom. The Kier molecular flexibility index (Phi) is 9.53. The first kappa shape index (κ1) is 21.3. The van der Waals surface area contributed by atoms with Crippen molar-refractivity contribution in [2.45, 2.75) is 32.1 Å². The summed E-state index contributed by atoms with van der Waals surface area (Å²) >= 11 is 0. The molecule has 0 unspecified atom stereocenters. The first-order chi connectivity index (χ1) is 12.3. The second-order valence-electron chi connectivity index (χ2n) is 7.16. The zero-order chi connectivity index (χ0) is 17.3. The molecule has 2 aliphatic rings. The third-order valence-corrected chi connectivity index (χ3v) is 5.33. The van der Waals surface area contributed by atoms with Crippen LogP contribution in [0.3, 0.4) is 0 Å². The van der Waals surface area contributed by atoms with Gasteiger partial charge in [0.1, 0.15) is 0 Å². The van der Waals surface area contributed by atoms with Crippen molar-refractivity contribution in [2.75, 3.05) is 57.3 Å². The molecule has 146 valence electrons. The van der Waals surface area contributed by atoms with Crippen LogP contribution in [-0.2, 0) is 0 Å². The third kappa shape index (κ3) is 6.61. The summed E-state index contributed by atoms with van der Waals surface area (Å²) in [5.74, 6) is 0.760. The summed E-state index contributed by atoms with van der Waals surface area (Å²) in [6.45, 7) is 8.80. The predicted octanol–water partition coefficient (Wildman–Crippen LogP) is 3.01. The highest BCUT2D eigenvalue weighted by molar-refractivity contribution is 14.0. The maximum absolute atomic E-state index is 6.10. The largest absolute Gasteiger partial charge is 0.370 e. The molecule has 0 aromatic heterocycles. The first-order valence-electron chi connectivity index (χ1n) is 9.90. The molecule has 26 heavy (non-hydrogen) atoms. The number of rotatable bonds is 6. The molecule has 1 aromatic carbocycles. The molecule has 6 heteroatoms. The van der Waals surface area contributed by atoms with E-state index in [4.69, 9.17) is 5.73 Å². The molecular formula is C20H34IN5. The number of nitrogens with two attached hydrogens (primary N) is 1. The van der Waals surface area contributed by atoms with Crippen LogP contribution in [0.4, 0.5) is 5.69 Å². The molecule has 2 fully saturated rings. The summed E-state index contributed by atoms with van der Waals surface area (Å²) in [5.41, 5.74) is 7.46. The highest BCUT2D eigenvalue weighted by atomic mass is 127. The molecule has 0 atom stereocenters. The lowest BCUT2D eigenvalue weighted by atomic mass is 10.1. The van der Waals surface area contributed by atoms with Gasteiger partial charge in [-0.15, -0.1) is 24.0 Å². The summed E-state index contributed by atoms with van der Waals surface area (Å²) < 4.78 is 0. The molecule has 2 saturated heterocycles. The molecular weight excluding hydrogens is 437 g/mol. The number of anilines is 1. The average molecular weight is 471 g/mol. The first-order valence-corrected chi connectivity index (χ1v) is 9.90. The Morgan fingerprint density at radius 1 is 0.885 bits per heavy atom. The van der Waals surface area contributed by atoms with E-state index in [1.165, 1.54) is 37.9 Å². The van der Waals surface area contributed by atoms with Crippen LogP contribution in [0.5, 0.6) is 0 Å². The molecule has 2 N–H and O–H groups in total. The normalized spacial score (nSPS) is 19.3. The fourth-order valence-electron chi connectivity index (χ4n) is 3.73. The molecule has 2 heterocycles. The van der Waals surface area contributed by atoms with Crippen LogP contribution in [-0.4, -0.2) is 68.1 Å². The number of piperazine rings is 1. The molecule has 5 nitrogen and oxygen atoms in total. The van der Waals surface area contributed by atoms with Crippen molar-refractivity contribution in [1.29, 1.82) is 0 Å². The number of halogens is 1. The molecule has 0 bridgehead atoms. The lowest BCUT2D eigenvalue weighted by Crippen LogP contribution is -2.46. The molecule has 1 aromatic rings. The second-order valence-corrected chi connectivity index (χ2v) is 7.16. The number of aliphatic imine (C=N–C) groups is 1. The highest BCUT2D eigenvalue weighted by Gasteiger charge is 2.16. The summed E-state index contributed by atoms with van der Waals surface area (Å²) in [5, 5.41) is 0. The lowest BCUT2D eigenvalue weighted by molar-refractivity contribution is 0.253. The van der Waals surface area contributed by atoms with E-state index >= 15 is 0 Å². The summed E-state index contributed by atoms with van der Waals surface area (Å²) in [6.07, 6.45) is 6.19. The van der Waals surface area contributed by atoms with Gasteiger partial charge in [0.25, 0.3) is 0 Å². The van der Waals surface area contributed by atoms with Crippen molar-refractivity contribution in [3.05, 3.63) is 30.3 Å². The Labute approximate surface area is 175 Å². The zero-order valence-electron chi connectivity index (χ0n) is 15.9. The number of hydrogen-bond acceptors (Lipinski definition) is 3. The monoisotopic (exact) mass is 471 g/mol. The Morgan fingerprint density at radius 3 is 2.27 bits per heavy atom. The number of nitrogens with zero attached hydrogens (tertiary/aromatic N) is 4. The standard InChI is InChI=1S/C20H33N5.HI/c21-20(25-13-6-2-7-14-25)22-11-5-8-12-23-15-17-24(18-16-23)19-9-3-1-4-10-19;/h1,3-4,9-10H,2,5-8,11-18H2,(H2,21,22);1H. The smallest absolute Gasteiger partial charge is 0.191 e. The van der Waals surface area contributed by atoms with E-state index in [-0.39, 0.29) is 24.0 Å². The minimum Gasteiger partial charge on any atom is -0.370 e. The number of likely N-dealkylation sites (tertiary alicyclic amines) is 1. The van der Waals surface area contributed by atoms with Gasteiger partial charge in [0.05, 0.1) is 0 Å². The van der Waals surface area contributed by atoms with E-state index in [1.807, 2.05) is 0 Å². The van der Waals surface area contributed by atoms with Gasteiger partial charge in [-0.3, -0.25) is 9.89 Å². The van der Waals surface area contributed by atoms with Crippen LogP contribution in [0.15, 0.2) is 35.3 Å². The predicted molar refractivity (Wildman–Crippen MR) is 122 cm³/mol. The molecule has 0 aliphatic carbocycles. The van der Waals surface area contributed by atoms with Crippen molar-refractivity contribution in [3.63, 3.8) is 0 Å².